The Morgan fingerprint density at radius 3 is 2.50 bits per heavy atom. The van der Waals surface area contributed by atoms with Crippen LogP contribution in [-0.2, 0) is 0 Å². The summed E-state index contributed by atoms with van der Waals surface area (Å²) in [4.78, 5) is 24.6. The van der Waals surface area contributed by atoms with Crippen LogP contribution in [0.1, 0.15) is 25.7 Å². The van der Waals surface area contributed by atoms with Crippen molar-refractivity contribution in [1.29, 1.82) is 0 Å². The van der Waals surface area contributed by atoms with Crippen LogP contribution in [0, 0.1) is 5.92 Å². The van der Waals surface area contributed by atoms with E-state index in [0.29, 0.717) is 19.0 Å². The zero-order chi connectivity index (χ0) is 15.2. The maximum absolute atomic E-state index is 12.1. The van der Waals surface area contributed by atoms with Gasteiger partial charge in [0, 0.05) is 44.8 Å². The van der Waals surface area contributed by atoms with Gasteiger partial charge in [0.05, 0.1) is 0 Å². The first-order chi connectivity index (χ1) is 10.8. The topological polar surface area (TPSA) is 61.4 Å². The number of urea groups is 1. The predicted octanol–water partition coefficient (Wildman–Crippen LogP) is 2.01. The average Bonchev–Trinajstić information content (AvgIpc) is 3.09. The third-order valence-corrected chi connectivity index (χ3v) is 4.38. The third kappa shape index (κ3) is 3.75. The number of carbonyl (C=O) groups excluding carboxylic acids is 1. The van der Waals surface area contributed by atoms with Gasteiger partial charge >= 0.3 is 6.03 Å². The molecule has 22 heavy (non-hydrogen) atoms. The first-order valence-electron chi connectivity index (χ1n) is 8.07. The van der Waals surface area contributed by atoms with Crippen LogP contribution in [0.15, 0.2) is 30.7 Å². The molecule has 2 heterocycles. The Morgan fingerprint density at radius 2 is 1.82 bits per heavy atom. The summed E-state index contributed by atoms with van der Waals surface area (Å²) >= 11 is 0. The smallest absolute Gasteiger partial charge is 0.321 e. The molecule has 3 rings (SSSR count). The monoisotopic (exact) mass is 301 g/mol. The second-order valence-electron chi connectivity index (χ2n) is 5.88. The van der Waals surface area contributed by atoms with Crippen molar-refractivity contribution in [1.82, 2.24) is 20.2 Å². The molecule has 2 fully saturated rings. The summed E-state index contributed by atoms with van der Waals surface area (Å²) in [6.45, 7) is 2.93. The van der Waals surface area contributed by atoms with Gasteiger partial charge < -0.3 is 15.1 Å². The van der Waals surface area contributed by atoms with Crippen molar-refractivity contribution in [3.63, 3.8) is 0 Å². The molecule has 1 aliphatic heterocycles. The highest BCUT2D eigenvalue weighted by Gasteiger charge is 2.21. The minimum atomic E-state index is -0.0112. The van der Waals surface area contributed by atoms with Gasteiger partial charge in [0.15, 0.2) is 0 Å². The number of carbonyl (C=O) groups is 1. The Bertz CT molecular complexity index is 505. The Morgan fingerprint density at radius 1 is 1.14 bits per heavy atom. The molecule has 6 nitrogen and oxygen atoms in total. The molecule has 0 unspecified atom stereocenters. The number of piperazine rings is 1. The fourth-order valence-corrected chi connectivity index (χ4v) is 3.06. The Labute approximate surface area is 131 Å². The van der Waals surface area contributed by atoms with Crippen molar-refractivity contribution in [2.75, 3.05) is 31.1 Å². The summed E-state index contributed by atoms with van der Waals surface area (Å²) in [7, 11) is 0. The summed E-state index contributed by atoms with van der Waals surface area (Å²) in [6, 6.07) is 1.80. The highest BCUT2D eigenvalue weighted by atomic mass is 16.2. The number of hydrogen-bond acceptors (Lipinski definition) is 4. The Hall–Kier alpha value is -2.11. The summed E-state index contributed by atoms with van der Waals surface area (Å²) in [5.74, 6) is 1.39. The van der Waals surface area contributed by atoms with Crippen molar-refractivity contribution < 1.29 is 4.79 Å². The lowest BCUT2D eigenvalue weighted by Crippen LogP contribution is -2.51. The van der Waals surface area contributed by atoms with Crippen molar-refractivity contribution >= 4 is 12.0 Å². The fraction of sp³-hybridized carbons (Fsp3) is 0.562. The van der Waals surface area contributed by atoms with E-state index in [1.165, 1.54) is 25.7 Å². The summed E-state index contributed by atoms with van der Waals surface area (Å²) in [5.41, 5.74) is 0. The number of rotatable bonds is 3. The molecule has 118 valence electrons. The van der Waals surface area contributed by atoms with Crippen LogP contribution < -0.4 is 10.2 Å². The van der Waals surface area contributed by atoms with Crippen molar-refractivity contribution in [2.45, 2.75) is 25.7 Å². The first-order valence-corrected chi connectivity index (χ1v) is 8.07. The molecule has 0 aromatic carbocycles. The molecule has 0 radical (unpaired) electrons. The normalized spacial score (nSPS) is 19.8. The predicted molar refractivity (Wildman–Crippen MR) is 85.4 cm³/mol. The molecule has 1 N–H and O–H groups in total. The van der Waals surface area contributed by atoms with E-state index >= 15 is 0 Å². The molecule has 1 aromatic rings. The van der Waals surface area contributed by atoms with Gasteiger partial charge in [-0.05, 0) is 24.8 Å². The molecule has 1 saturated carbocycles. The number of amides is 2. The van der Waals surface area contributed by atoms with Crippen LogP contribution in [0.3, 0.4) is 0 Å². The Balaban J connectivity index is 1.43. The highest BCUT2D eigenvalue weighted by Crippen LogP contribution is 2.25. The maximum atomic E-state index is 12.1. The second-order valence-corrected chi connectivity index (χ2v) is 5.88. The van der Waals surface area contributed by atoms with Crippen LogP contribution in [0.4, 0.5) is 10.7 Å². The van der Waals surface area contributed by atoms with Gasteiger partial charge in [0.2, 0.25) is 5.95 Å². The van der Waals surface area contributed by atoms with E-state index in [0.717, 1.165) is 19.0 Å². The number of hydrogen-bond donors (Lipinski definition) is 1. The number of nitrogens with one attached hydrogen (secondary N) is 1. The maximum Gasteiger partial charge on any atom is 0.321 e. The van der Waals surface area contributed by atoms with E-state index in [1.807, 2.05) is 17.2 Å². The van der Waals surface area contributed by atoms with E-state index in [4.69, 9.17) is 0 Å². The number of allylic oxidation sites excluding steroid dienone is 1. The van der Waals surface area contributed by atoms with Gasteiger partial charge in [-0.2, -0.15) is 0 Å². The molecule has 2 aliphatic rings. The quantitative estimate of drug-likeness (QED) is 0.928. The number of aromatic nitrogens is 2. The van der Waals surface area contributed by atoms with Crippen molar-refractivity contribution in [2.24, 2.45) is 5.92 Å². The Kier molecular flexibility index (Phi) is 4.88. The van der Waals surface area contributed by atoms with Crippen LogP contribution in [0.25, 0.3) is 0 Å². The van der Waals surface area contributed by atoms with Crippen LogP contribution in [-0.4, -0.2) is 47.1 Å². The van der Waals surface area contributed by atoms with E-state index in [2.05, 4.69) is 26.3 Å². The molecule has 1 saturated heterocycles. The lowest BCUT2D eigenvalue weighted by Gasteiger charge is -2.34. The SMILES string of the molecule is O=C(N/C=C/C1CCCC1)N1CCN(c2ncccn2)CC1. The second kappa shape index (κ2) is 7.24. The van der Waals surface area contributed by atoms with Crippen LogP contribution in [0.2, 0.25) is 0 Å². The summed E-state index contributed by atoms with van der Waals surface area (Å²) in [5, 5.41) is 2.89. The van der Waals surface area contributed by atoms with Gasteiger partial charge in [0.1, 0.15) is 0 Å². The molecule has 0 bridgehead atoms. The molecule has 0 spiro atoms. The summed E-state index contributed by atoms with van der Waals surface area (Å²) in [6.07, 6.45) is 12.6. The summed E-state index contributed by atoms with van der Waals surface area (Å²) < 4.78 is 0. The fourth-order valence-electron chi connectivity index (χ4n) is 3.06. The molecule has 6 heteroatoms. The minimum Gasteiger partial charge on any atom is -0.337 e. The van der Waals surface area contributed by atoms with E-state index in [-0.39, 0.29) is 6.03 Å². The third-order valence-electron chi connectivity index (χ3n) is 4.38. The zero-order valence-electron chi connectivity index (χ0n) is 12.8. The van der Waals surface area contributed by atoms with Gasteiger partial charge in [-0.1, -0.05) is 18.9 Å². The zero-order valence-corrected chi connectivity index (χ0v) is 12.8. The van der Waals surface area contributed by atoms with Crippen LogP contribution in [0.5, 0.6) is 0 Å². The molecule has 1 aromatic heterocycles. The molecule has 2 amide bonds. The molecule has 1 aliphatic carbocycles. The molecular formula is C16H23N5O. The van der Waals surface area contributed by atoms with E-state index in [9.17, 15) is 4.79 Å². The van der Waals surface area contributed by atoms with E-state index < -0.39 is 0 Å². The largest absolute Gasteiger partial charge is 0.337 e. The standard InChI is InChI=1S/C16H23N5O/c22-16(19-9-6-14-4-1-2-5-14)21-12-10-20(11-13-21)15-17-7-3-8-18-15/h3,6-9,14H,1-2,4-5,10-13H2,(H,19,22)/b9-6+. The van der Waals surface area contributed by atoms with Crippen molar-refractivity contribution in [3.8, 4) is 0 Å². The van der Waals surface area contributed by atoms with Gasteiger partial charge in [0.25, 0.3) is 0 Å². The van der Waals surface area contributed by atoms with Gasteiger partial charge in [-0.3, -0.25) is 0 Å². The number of nitrogens with zero attached hydrogens (tertiary/aromatic N) is 4. The lowest BCUT2D eigenvalue weighted by atomic mass is 10.1. The number of anilines is 1. The minimum absolute atomic E-state index is 0.0112. The van der Waals surface area contributed by atoms with Gasteiger partial charge in [-0.15, -0.1) is 0 Å². The van der Waals surface area contributed by atoms with Gasteiger partial charge in [-0.25, -0.2) is 14.8 Å². The van der Waals surface area contributed by atoms with Crippen molar-refractivity contribution in [3.05, 3.63) is 30.7 Å². The first kappa shape index (κ1) is 14.8. The molecule has 0 atom stereocenters. The average molecular weight is 301 g/mol. The van der Waals surface area contributed by atoms with Crippen LogP contribution >= 0.6 is 0 Å². The lowest BCUT2D eigenvalue weighted by molar-refractivity contribution is 0.198. The highest BCUT2D eigenvalue weighted by molar-refractivity contribution is 5.75. The van der Waals surface area contributed by atoms with E-state index in [1.54, 1.807) is 12.4 Å². The molecular weight excluding hydrogens is 278 g/mol.